The Balaban J connectivity index is 1.61. The van der Waals surface area contributed by atoms with Gasteiger partial charge in [-0.2, -0.15) is 0 Å². The average molecular weight is 362 g/mol. The number of fused-ring (bicyclic) bond motifs is 1. The Bertz CT molecular complexity index is 1000. The highest BCUT2D eigenvalue weighted by Crippen LogP contribution is 2.24. The van der Waals surface area contributed by atoms with Gasteiger partial charge < -0.3 is 10.3 Å². The van der Waals surface area contributed by atoms with Crippen molar-refractivity contribution in [1.82, 2.24) is 15.3 Å². The zero-order valence-corrected chi connectivity index (χ0v) is 13.6. The Morgan fingerprint density at radius 3 is 2.96 bits per heavy atom. The van der Waals surface area contributed by atoms with Crippen LogP contribution in [-0.2, 0) is 11.3 Å². The maximum absolute atomic E-state index is 11.8. The van der Waals surface area contributed by atoms with Crippen molar-refractivity contribution in [3.63, 3.8) is 0 Å². The number of hydrogen-bond acceptors (Lipinski definition) is 7. The SMILES string of the molecule is O=C(/C=C/c1ccc([N+](=O)[O-])s1)NCc1cc2c(=O)[nH]cnc2s1. The second-order valence-corrected chi connectivity index (χ2v) is 6.86. The van der Waals surface area contributed by atoms with Gasteiger partial charge in [-0.3, -0.25) is 19.7 Å². The summed E-state index contributed by atoms with van der Waals surface area (Å²) in [5, 5.41) is 13.8. The average Bonchev–Trinajstić information content (AvgIpc) is 3.18. The zero-order chi connectivity index (χ0) is 17.1. The van der Waals surface area contributed by atoms with E-state index in [9.17, 15) is 19.7 Å². The van der Waals surface area contributed by atoms with Crippen molar-refractivity contribution in [2.24, 2.45) is 0 Å². The Hall–Kier alpha value is -2.85. The fraction of sp³-hybridized carbons (Fsp3) is 0.0714. The maximum atomic E-state index is 11.8. The molecule has 0 spiro atoms. The highest BCUT2D eigenvalue weighted by atomic mass is 32.1. The summed E-state index contributed by atoms with van der Waals surface area (Å²) < 4.78 is 0. The van der Waals surface area contributed by atoms with Gasteiger partial charge in [-0.15, -0.1) is 11.3 Å². The summed E-state index contributed by atoms with van der Waals surface area (Å²) >= 11 is 2.32. The quantitative estimate of drug-likeness (QED) is 0.410. The number of H-pyrrole nitrogens is 1. The summed E-state index contributed by atoms with van der Waals surface area (Å²) in [4.78, 5) is 42.1. The number of nitro groups is 1. The molecule has 3 rings (SSSR count). The van der Waals surface area contributed by atoms with E-state index in [0.717, 1.165) is 16.2 Å². The molecule has 2 N–H and O–H groups in total. The van der Waals surface area contributed by atoms with Gasteiger partial charge in [0.15, 0.2) is 0 Å². The van der Waals surface area contributed by atoms with Gasteiger partial charge in [0.1, 0.15) is 4.83 Å². The molecule has 0 saturated carbocycles. The van der Waals surface area contributed by atoms with E-state index < -0.39 is 4.92 Å². The van der Waals surface area contributed by atoms with Gasteiger partial charge in [-0.05, 0) is 18.2 Å². The van der Waals surface area contributed by atoms with E-state index in [2.05, 4.69) is 15.3 Å². The molecule has 0 aliphatic rings. The summed E-state index contributed by atoms with van der Waals surface area (Å²) in [6.07, 6.45) is 4.17. The van der Waals surface area contributed by atoms with E-state index in [1.165, 1.54) is 35.9 Å². The molecule has 0 radical (unpaired) electrons. The minimum atomic E-state index is -0.473. The maximum Gasteiger partial charge on any atom is 0.324 e. The second kappa shape index (κ2) is 6.72. The van der Waals surface area contributed by atoms with Crippen LogP contribution in [0.5, 0.6) is 0 Å². The lowest BCUT2D eigenvalue weighted by Crippen LogP contribution is -2.19. The van der Waals surface area contributed by atoms with Crippen molar-refractivity contribution >= 4 is 49.9 Å². The first-order chi connectivity index (χ1) is 11.5. The Morgan fingerprint density at radius 1 is 1.42 bits per heavy atom. The molecular weight excluding hydrogens is 352 g/mol. The van der Waals surface area contributed by atoms with E-state index in [1.807, 2.05) is 0 Å². The molecule has 0 saturated heterocycles. The molecular formula is C14H10N4O4S2. The highest BCUT2D eigenvalue weighted by Gasteiger charge is 2.09. The van der Waals surface area contributed by atoms with Gasteiger partial charge in [0.05, 0.1) is 23.2 Å². The standard InChI is InChI=1S/C14H10N4O4S2/c19-11(3-1-8-2-4-12(23-8)18(21)22)15-6-9-5-10-13(20)16-7-17-14(10)24-9/h1-5,7H,6H2,(H,15,19)(H,16,17,20)/b3-1+. The largest absolute Gasteiger partial charge is 0.348 e. The zero-order valence-electron chi connectivity index (χ0n) is 12.0. The molecule has 8 nitrogen and oxygen atoms in total. The summed E-state index contributed by atoms with van der Waals surface area (Å²) in [5.41, 5.74) is -0.215. The third kappa shape index (κ3) is 3.55. The predicted molar refractivity (Wildman–Crippen MR) is 92.1 cm³/mol. The first-order valence-electron chi connectivity index (χ1n) is 6.69. The van der Waals surface area contributed by atoms with E-state index in [1.54, 1.807) is 12.1 Å². The van der Waals surface area contributed by atoms with Crippen molar-refractivity contribution in [2.45, 2.75) is 6.54 Å². The summed E-state index contributed by atoms with van der Waals surface area (Å²) in [6, 6.07) is 4.67. The van der Waals surface area contributed by atoms with Crippen molar-refractivity contribution in [2.75, 3.05) is 0 Å². The number of rotatable bonds is 5. The molecule has 10 heteroatoms. The number of nitrogens with one attached hydrogen (secondary N) is 2. The molecule has 0 fully saturated rings. The minimum absolute atomic E-state index is 0.0260. The van der Waals surface area contributed by atoms with Crippen LogP contribution < -0.4 is 10.9 Å². The van der Waals surface area contributed by atoms with Crippen LogP contribution in [-0.4, -0.2) is 20.8 Å². The monoisotopic (exact) mass is 362 g/mol. The molecule has 122 valence electrons. The minimum Gasteiger partial charge on any atom is -0.348 e. The van der Waals surface area contributed by atoms with Crippen molar-refractivity contribution in [3.8, 4) is 0 Å². The molecule has 3 heterocycles. The lowest BCUT2D eigenvalue weighted by atomic mass is 10.3. The highest BCUT2D eigenvalue weighted by molar-refractivity contribution is 7.18. The fourth-order valence-electron chi connectivity index (χ4n) is 1.93. The number of carbonyl (C=O) groups is 1. The van der Waals surface area contributed by atoms with Gasteiger partial charge in [0.25, 0.3) is 5.56 Å². The lowest BCUT2D eigenvalue weighted by molar-refractivity contribution is -0.380. The molecule has 3 aromatic heterocycles. The number of nitrogens with zero attached hydrogens (tertiary/aromatic N) is 2. The predicted octanol–water partition coefficient (Wildman–Crippen LogP) is 2.28. The summed E-state index contributed by atoms with van der Waals surface area (Å²) in [6.45, 7) is 0.272. The molecule has 0 bridgehead atoms. The molecule has 0 aliphatic carbocycles. The van der Waals surface area contributed by atoms with Crippen molar-refractivity contribution < 1.29 is 9.72 Å². The van der Waals surface area contributed by atoms with E-state index in [0.29, 0.717) is 15.1 Å². The lowest BCUT2D eigenvalue weighted by Gasteiger charge is -1.98. The molecule has 1 amide bonds. The molecule has 3 aromatic rings. The van der Waals surface area contributed by atoms with E-state index in [-0.39, 0.29) is 23.0 Å². The Morgan fingerprint density at radius 2 is 2.25 bits per heavy atom. The van der Waals surface area contributed by atoms with Crippen LogP contribution in [0.2, 0.25) is 0 Å². The van der Waals surface area contributed by atoms with Crippen LogP contribution in [0.1, 0.15) is 9.75 Å². The van der Waals surface area contributed by atoms with Crippen LogP contribution >= 0.6 is 22.7 Å². The third-order valence-electron chi connectivity index (χ3n) is 3.01. The third-order valence-corrected chi connectivity index (χ3v) is 5.06. The molecule has 0 aliphatic heterocycles. The van der Waals surface area contributed by atoms with Crippen molar-refractivity contribution in [3.05, 3.63) is 60.8 Å². The fourth-order valence-corrected chi connectivity index (χ4v) is 3.59. The number of thiophene rings is 2. The van der Waals surface area contributed by atoms with Crippen LogP contribution in [0.15, 0.2) is 35.4 Å². The van der Waals surface area contributed by atoms with Gasteiger partial charge in [0.2, 0.25) is 5.91 Å². The topological polar surface area (TPSA) is 118 Å². The van der Waals surface area contributed by atoms with E-state index in [4.69, 9.17) is 0 Å². The Labute approximate surface area is 142 Å². The molecule has 0 aromatic carbocycles. The van der Waals surface area contributed by atoms with Gasteiger partial charge in [-0.25, -0.2) is 4.98 Å². The molecule has 24 heavy (non-hydrogen) atoms. The number of hydrogen-bond donors (Lipinski definition) is 2. The first-order valence-corrected chi connectivity index (χ1v) is 8.32. The number of aromatic amines is 1. The van der Waals surface area contributed by atoms with Gasteiger partial charge in [-0.1, -0.05) is 11.3 Å². The normalized spacial score (nSPS) is 11.2. The number of amides is 1. The van der Waals surface area contributed by atoms with Gasteiger partial charge in [0, 0.05) is 21.9 Å². The molecule has 0 unspecified atom stereocenters. The first kappa shape index (κ1) is 16.0. The number of carbonyl (C=O) groups excluding carboxylic acids is 1. The Kier molecular flexibility index (Phi) is 4.49. The number of aromatic nitrogens is 2. The summed E-state index contributed by atoms with van der Waals surface area (Å²) in [7, 11) is 0. The summed E-state index contributed by atoms with van der Waals surface area (Å²) in [5.74, 6) is -0.328. The van der Waals surface area contributed by atoms with Crippen LogP contribution in [0.25, 0.3) is 16.3 Å². The van der Waals surface area contributed by atoms with Crippen LogP contribution in [0.3, 0.4) is 0 Å². The second-order valence-electron chi connectivity index (χ2n) is 4.65. The smallest absolute Gasteiger partial charge is 0.324 e. The van der Waals surface area contributed by atoms with Crippen LogP contribution in [0.4, 0.5) is 5.00 Å². The molecule has 0 atom stereocenters. The van der Waals surface area contributed by atoms with Crippen molar-refractivity contribution in [1.29, 1.82) is 0 Å². The van der Waals surface area contributed by atoms with E-state index >= 15 is 0 Å². The van der Waals surface area contributed by atoms with Crippen LogP contribution in [0, 0.1) is 10.1 Å². The van der Waals surface area contributed by atoms with Gasteiger partial charge >= 0.3 is 5.00 Å².